The van der Waals surface area contributed by atoms with Gasteiger partial charge in [-0.2, -0.15) is 13.2 Å². The van der Waals surface area contributed by atoms with Crippen LogP contribution in [0, 0.1) is 0 Å². The fourth-order valence-corrected chi connectivity index (χ4v) is 1.35. The van der Waals surface area contributed by atoms with E-state index in [-0.39, 0.29) is 17.4 Å². The van der Waals surface area contributed by atoms with Crippen molar-refractivity contribution >= 4 is 24.0 Å². The number of benzene rings is 1. The van der Waals surface area contributed by atoms with Crippen LogP contribution in [-0.2, 0) is 6.18 Å². The first kappa shape index (κ1) is 16.4. The molecule has 0 spiro atoms. The zero-order valence-corrected chi connectivity index (χ0v) is 9.71. The van der Waals surface area contributed by atoms with Crippen molar-refractivity contribution in [3.05, 3.63) is 34.3 Å². The Morgan fingerprint density at radius 3 is 2.12 bits per heavy atom. The lowest BCUT2D eigenvalue weighted by atomic mass is 10.0. The minimum absolute atomic E-state index is 0. The summed E-state index contributed by atoms with van der Waals surface area (Å²) in [6, 6.07) is 0.334. The van der Waals surface area contributed by atoms with Crippen LogP contribution in [-0.4, -0.2) is 6.43 Å². The zero-order chi connectivity index (χ0) is 12.5. The SMILES string of the molecule is Cl.N[C@@H](c1cc(C(F)(F)F)ccc1Cl)C(F)F. The van der Waals surface area contributed by atoms with Crippen molar-refractivity contribution in [3.8, 4) is 0 Å². The molecule has 2 N–H and O–H groups in total. The summed E-state index contributed by atoms with van der Waals surface area (Å²) < 4.78 is 61.4. The second-order valence-electron chi connectivity index (χ2n) is 3.09. The molecule has 0 aliphatic rings. The third kappa shape index (κ3) is 3.97. The Balaban J connectivity index is 0.00000256. The lowest BCUT2D eigenvalue weighted by molar-refractivity contribution is -0.137. The quantitative estimate of drug-likeness (QED) is 0.819. The molecule has 1 aromatic rings. The minimum atomic E-state index is -4.61. The van der Waals surface area contributed by atoms with Gasteiger partial charge in [-0.1, -0.05) is 11.6 Å². The predicted octanol–water partition coefficient (Wildman–Crippen LogP) is 4.05. The largest absolute Gasteiger partial charge is 0.416 e. The highest BCUT2D eigenvalue weighted by molar-refractivity contribution is 6.31. The molecule has 0 saturated carbocycles. The lowest BCUT2D eigenvalue weighted by Gasteiger charge is -2.15. The van der Waals surface area contributed by atoms with Crippen LogP contribution in [0.4, 0.5) is 22.0 Å². The van der Waals surface area contributed by atoms with Crippen LogP contribution in [0.3, 0.4) is 0 Å². The molecule has 0 unspecified atom stereocenters. The summed E-state index contributed by atoms with van der Waals surface area (Å²) >= 11 is 5.50. The van der Waals surface area contributed by atoms with Crippen LogP contribution in [0.15, 0.2) is 18.2 Å². The summed E-state index contributed by atoms with van der Waals surface area (Å²) in [5.41, 5.74) is 3.59. The van der Waals surface area contributed by atoms with Crippen molar-refractivity contribution in [1.82, 2.24) is 0 Å². The topological polar surface area (TPSA) is 26.0 Å². The molecule has 0 bridgehead atoms. The molecule has 0 aliphatic carbocycles. The van der Waals surface area contributed by atoms with E-state index in [1.807, 2.05) is 0 Å². The van der Waals surface area contributed by atoms with Gasteiger partial charge in [0, 0.05) is 5.02 Å². The summed E-state index contributed by atoms with van der Waals surface area (Å²) in [4.78, 5) is 0. The van der Waals surface area contributed by atoms with Crippen molar-refractivity contribution < 1.29 is 22.0 Å². The minimum Gasteiger partial charge on any atom is -0.319 e. The van der Waals surface area contributed by atoms with E-state index in [0.29, 0.717) is 12.1 Å². The lowest BCUT2D eigenvalue weighted by Crippen LogP contribution is -2.20. The van der Waals surface area contributed by atoms with E-state index in [9.17, 15) is 22.0 Å². The summed E-state index contributed by atoms with van der Waals surface area (Å²) in [7, 11) is 0. The Bertz CT molecular complexity index is 380. The van der Waals surface area contributed by atoms with Crippen molar-refractivity contribution in [2.75, 3.05) is 0 Å². The normalized spacial score (nSPS) is 13.4. The number of alkyl halides is 5. The van der Waals surface area contributed by atoms with E-state index >= 15 is 0 Å². The predicted molar refractivity (Wildman–Crippen MR) is 56.6 cm³/mol. The highest BCUT2D eigenvalue weighted by Gasteiger charge is 2.32. The summed E-state index contributed by atoms with van der Waals surface area (Å²) in [5, 5.41) is -0.208. The highest BCUT2D eigenvalue weighted by atomic mass is 35.5. The first-order valence-electron chi connectivity index (χ1n) is 4.14. The fourth-order valence-electron chi connectivity index (χ4n) is 1.11. The standard InChI is InChI=1S/C9H7ClF5N.ClH/c10-6-2-1-4(9(13,14)15)3-5(6)7(16)8(11)12;/h1-3,7-8H,16H2;1H/t7-;/m0./s1. The van der Waals surface area contributed by atoms with Gasteiger partial charge in [0.25, 0.3) is 6.43 Å². The molecule has 17 heavy (non-hydrogen) atoms. The van der Waals surface area contributed by atoms with Crippen molar-refractivity contribution in [2.45, 2.75) is 18.6 Å². The molecule has 98 valence electrons. The summed E-state index contributed by atoms with van der Waals surface area (Å²) in [6.07, 6.45) is -7.58. The average molecular weight is 296 g/mol. The van der Waals surface area contributed by atoms with Crippen LogP contribution < -0.4 is 5.73 Å². The smallest absolute Gasteiger partial charge is 0.319 e. The number of rotatable bonds is 2. The Labute approximate surface area is 105 Å². The monoisotopic (exact) mass is 295 g/mol. The Morgan fingerprint density at radius 1 is 1.18 bits per heavy atom. The Kier molecular flexibility index (Phi) is 5.64. The van der Waals surface area contributed by atoms with Crippen LogP contribution >= 0.6 is 24.0 Å². The number of nitrogens with two attached hydrogens (primary N) is 1. The highest BCUT2D eigenvalue weighted by Crippen LogP contribution is 2.34. The Morgan fingerprint density at radius 2 is 1.71 bits per heavy atom. The summed E-state index contributed by atoms with van der Waals surface area (Å²) in [6.45, 7) is 0. The molecule has 0 amide bonds. The zero-order valence-electron chi connectivity index (χ0n) is 8.14. The van der Waals surface area contributed by atoms with Crippen molar-refractivity contribution in [1.29, 1.82) is 0 Å². The second-order valence-corrected chi connectivity index (χ2v) is 3.50. The van der Waals surface area contributed by atoms with Gasteiger partial charge < -0.3 is 5.73 Å². The van der Waals surface area contributed by atoms with E-state index in [1.54, 1.807) is 0 Å². The maximum absolute atomic E-state index is 12.3. The van der Waals surface area contributed by atoms with Gasteiger partial charge in [-0.25, -0.2) is 8.78 Å². The molecule has 1 nitrogen and oxygen atoms in total. The van der Waals surface area contributed by atoms with Gasteiger partial charge in [0.1, 0.15) is 0 Å². The molecular formula is C9H8Cl2F5N. The number of halogens is 7. The first-order chi connectivity index (χ1) is 7.23. The fraction of sp³-hybridized carbons (Fsp3) is 0.333. The van der Waals surface area contributed by atoms with Gasteiger partial charge in [0.2, 0.25) is 0 Å². The van der Waals surface area contributed by atoms with Crippen molar-refractivity contribution in [3.63, 3.8) is 0 Å². The maximum Gasteiger partial charge on any atom is 0.416 e. The van der Waals surface area contributed by atoms with Gasteiger partial charge in [0.15, 0.2) is 0 Å². The maximum atomic E-state index is 12.3. The number of hydrogen-bond donors (Lipinski definition) is 1. The van der Waals surface area contributed by atoms with E-state index in [0.717, 1.165) is 6.07 Å². The molecule has 1 rings (SSSR count). The van der Waals surface area contributed by atoms with E-state index < -0.39 is 29.8 Å². The molecule has 0 radical (unpaired) electrons. The van der Waals surface area contributed by atoms with Crippen LogP contribution in [0.5, 0.6) is 0 Å². The van der Waals surface area contributed by atoms with Crippen molar-refractivity contribution in [2.24, 2.45) is 5.73 Å². The second kappa shape index (κ2) is 5.84. The molecular weight excluding hydrogens is 288 g/mol. The van der Waals surface area contributed by atoms with Crippen LogP contribution in [0.1, 0.15) is 17.2 Å². The summed E-state index contributed by atoms with van der Waals surface area (Å²) in [5.74, 6) is 0. The molecule has 0 aromatic heterocycles. The van der Waals surface area contributed by atoms with Gasteiger partial charge in [-0.05, 0) is 23.8 Å². The molecule has 1 atom stereocenters. The number of hydrogen-bond acceptors (Lipinski definition) is 1. The molecule has 0 aliphatic heterocycles. The van der Waals surface area contributed by atoms with Gasteiger partial charge >= 0.3 is 6.18 Å². The first-order valence-corrected chi connectivity index (χ1v) is 4.51. The third-order valence-electron chi connectivity index (χ3n) is 1.95. The molecule has 0 heterocycles. The molecule has 8 heteroatoms. The van der Waals surface area contributed by atoms with E-state index in [1.165, 1.54) is 0 Å². The average Bonchev–Trinajstić information content (AvgIpc) is 2.15. The van der Waals surface area contributed by atoms with Crippen LogP contribution in [0.2, 0.25) is 5.02 Å². The van der Waals surface area contributed by atoms with Gasteiger partial charge in [0.05, 0.1) is 11.6 Å². The Hall–Kier alpha value is -0.590. The van der Waals surface area contributed by atoms with E-state index in [4.69, 9.17) is 17.3 Å². The molecule has 1 aromatic carbocycles. The van der Waals surface area contributed by atoms with E-state index in [2.05, 4.69) is 0 Å². The molecule has 0 fully saturated rings. The molecule has 0 saturated heterocycles. The van der Waals surface area contributed by atoms with Crippen LogP contribution in [0.25, 0.3) is 0 Å². The van der Waals surface area contributed by atoms with Gasteiger partial charge in [-0.15, -0.1) is 12.4 Å². The van der Waals surface area contributed by atoms with Gasteiger partial charge in [-0.3, -0.25) is 0 Å². The third-order valence-corrected chi connectivity index (χ3v) is 2.30.